The highest BCUT2D eigenvalue weighted by Crippen LogP contribution is 2.33. The van der Waals surface area contributed by atoms with Crippen LogP contribution in [0.1, 0.15) is 29.2 Å². The average Bonchev–Trinajstić information content (AvgIpc) is 3.47. The predicted molar refractivity (Wildman–Crippen MR) is 118 cm³/mol. The molecule has 1 aromatic carbocycles. The fraction of sp³-hybridized carbons (Fsp3) is 0.455. The van der Waals surface area contributed by atoms with Gasteiger partial charge in [-0.05, 0) is 42.3 Å². The highest BCUT2D eigenvalue weighted by atomic mass is 35.5. The molecular formula is C22H28ClN3O2S. The Labute approximate surface area is 182 Å². The topological polar surface area (TPSA) is 66.6 Å². The molecule has 0 radical (unpaired) electrons. The minimum absolute atomic E-state index is 0. The van der Waals surface area contributed by atoms with Gasteiger partial charge in [-0.15, -0.1) is 23.7 Å². The molecule has 4 rings (SSSR count). The molecule has 2 N–H and O–H groups in total. The molecule has 0 spiro atoms. The summed E-state index contributed by atoms with van der Waals surface area (Å²) < 4.78 is 0. The van der Waals surface area contributed by atoms with E-state index >= 15 is 0 Å². The van der Waals surface area contributed by atoms with Crippen molar-refractivity contribution in [1.29, 1.82) is 0 Å². The average molecular weight is 434 g/mol. The summed E-state index contributed by atoms with van der Waals surface area (Å²) >= 11 is 1.59. The first-order valence-corrected chi connectivity index (χ1v) is 10.9. The van der Waals surface area contributed by atoms with E-state index in [2.05, 4.69) is 12.1 Å². The molecule has 1 aromatic heterocycles. The van der Waals surface area contributed by atoms with E-state index in [0.29, 0.717) is 32.6 Å². The van der Waals surface area contributed by atoms with Crippen molar-refractivity contribution < 1.29 is 9.59 Å². The van der Waals surface area contributed by atoms with Crippen LogP contribution in [0.3, 0.4) is 0 Å². The second-order valence-corrected chi connectivity index (χ2v) is 8.79. The summed E-state index contributed by atoms with van der Waals surface area (Å²) in [4.78, 5) is 30.9. The van der Waals surface area contributed by atoms with Crippen molar-refractivity contribution in [3.8, 4) is 0 Å². The van der Waals surface area contributed by atoms with Gasteiger partial charge in [0.2, 0.25) is 11.8 Å². The smallest absolute Gasteiger partial charge is 0.245 e. The summed E-state index contributed by atoms with van der Waals surface area (Å²) in [6, 6.07) is 13.9. The Balaban J connectivity index is 0.00000240. The first-order valence-electron chi connectivity index (χ1n) is 10.0. The number of likely N-dealkylation sites (tertiary alicyclic amines) is 2. The lowest BCUT2D eigenvalue weighted by Crippen LogP contribution is -2.47. The number of benzene rings is 1. The molecule has 29 heavy (non-hydrogen) atoms. The molecule has 0 aliphatic carbocycles. The van der Waals surface area contributed by atoms with Gasteiger partial charge in [-0.25, -0.2) is 0 Å². The number of amides is 2. The van der Waals surface area contributed by atoms with Crippen molar-refractivity contribution in [3.05, 3.63) is 58.3 Å². The number of hydrogen-bond donors (Lipinski definition) is 1. The maximum atomic E-state index is 13.3. The zero-order valence-corrected chi connectivity index (χ0v) is 18.0. The second-order valence-electron chi connectivity index (χ2n) is 7.76. The van der Waals surface area contributed by atoms with E-state index in [-0.39, 0.29) is 42.1 Å². The lowest BCUT2D eigenvalue weighted by molar-refractivity contribution is -0.142. The molecule has 2 aliphatic heterocycles. The summed E-state index contributed by atoms with van der Waals surface area (Å²) in [5.41, 5.74) is 7.27. The van der Waals surface area contributed by atoms with Crippen LogP contribution in [0.5, 0.6) is 0 Å². The fourth-order valence-corrected chi connectivity index (χ4v) is 5.26. The third kappa shape index (κ3) is 4.65. The van der Waals surface area contributed by atoms with Gasteiger partial charge in [-0.2, -0.15) is 0 Å². The first-order chi connectivity index (χ1) is 13.7. The van der Waals surface area contributed by atoms with E-state index in [4.69, 9.17) is 5.73 Å². The number of hydrogen-bond acceptors (Lipinski definition) is 4. The van der Waals surface area contributed by atoms with Gasteiger partial charge in [-0.1, -0.05) is 36.4 Å². The lowest BCUT2D eigenvalue weighted by atomic mass is 9.89. The Morgan fingerprint density at radius 3 is 2.59 bits per heavy atom. The molecule has 2 fully saturated rings. The molecule has 2 saturated heterocycles. The zero-order chi connectivity index (χ0) is 19.5. The summed E-state index contributed by atoms with van der Waals surface area (Å²) in [6.45, 7) is 2.61. The van der Waals surface area contributed by atoms with Crippen LogP contribution in [0.25, 0.3) is 0 Å². The van der Waals surface area contributed by atoms with Gasteiger partial charge in [-0.3, -0.25) is 9.59 Å². The monoisotopic (exact) mass is 433 g/mol. The van der Waals surface area contributed by atoms with Gasteiger partial charge in [0, 0.05) is 30.4 Å². The lowest BCUT2D eigenvalue weighted by Gasteiger charge is -2.28. The number of thiophene rings is 1. The number of carbonyl (C=O) groups excluding carboxylic acids is 2. The predicted octanol–water partition coefficient (Wildman–Crippen LogP) is 2.90. The zero-order valence-electron chi connectivity index (χ0n) is 16.4. The van der Waals surface area contributed by atoms with Crippen molar-refractivity contribution in [2.45, 2.75) is 31.2 Å². The van der Waals surface area contributed by atoms with Crippen molar-refractivity contribution in [2.75, 3.05) is 26.2 Å². The van der Waals surface area contributed by atoms with E-state index in [1.807, 2.05) is 40.6 Å². The maximum absolute atomic E-state index is 13.3. The Hall–Kier alpha value is -1.89. The Bertz CT molecular complexity index is 815. The molecule has 0 saturated carbocycles. The third-order valence-electron chi connectivity index (χ3n) is 6.05. The van der Waals surface area contributed by atoms with E-state index in [9.17, 15) is 9.59 Å². The maximum Gasteiger partial charge on any atom is 0.245 e. The van der Waals surface area contributed by atoms with Crippen LogP contribution in [-0.4, -0.2) is 53.8 Å². The SMILES string of the molecule is Cl.NC[C@@H]1CN(C(=O)C2CCCN2C(=O)Cc2cccs2)C[C@H]1c1ccccc1. The Morgan fingerprint density at radius 1 is 1.10 bits per heavy atom. The molecule has 3 atom stereocenters. The Kier molecular flexibility index (Phi) is 7.33. The van der Waals surface area contributed by atoms with E-state index in [1.165, 1.54) is 5.56 Å². The van der Waals surface area contributed by atoms with Crippen LogP contribution in [0.4, 0.5) is 0 Å². The van der Waals surface area contributed by atoms with Gasteiger partial charge in [0.25, 0.3) is 0 Å². The quantitative estimate of drug-likeness (QED) is 0.788. The van der Waals surface area contributed by atoms with E-state index in [0.717, 1.165) is 17.7 Å². The van der Waals surface area contributed by atoms with Crippen LogP contribution >= 0.6 is 23.7 Å². The van der Waals surface area contributed by atoms with Gasteiger partial charge in [0.15, 0.2) is 0 Å². The summed E-state index contributed by atoms with van der Waals surface area (Å²) in [7, 11) is 0. The van der Waals surface area contributed by atoms with Gasteiger partial charge in [0.05, 0.1) is 6.42 Å². The van der Waals surface area contributed by atoms with Gasteiger partial charge < -0.3 is 15.5 Å². The largest absolute Gasteiger partial charge is 0.340 e. The number of rotatable bonds is 5. The van der Waals surface area contributed by atoms with Crippen LogP contribution in [-0.2, 0) is 16.0 Å². The van der Waals surface area contributed by atoms with Crippen molar-refractivity contribution in [2.24, 2.45) is 11.7 Å². The summed E-state index contributed by atoms with van der Waals surface area (Å²) in [6.07, 6.45) is 2.04. The third-order valence-corrected chi connectivity index (χ3v) is 6.92. The van der Waals surface area contributed by atoms with Crippen molar-refractivity contribution in [3.63, 3.8) is 0 Å². The highest BCUT2D eigenvalue weighted by molar-refractivity contribution is 7.10. The van der Waals surface area contributed by atoms with E-state index in [1.54, 1.807) is 16.2 Å². The molecule has 3 heterocycles. The van der Waals surface area contributed by atoms with Crippen LogP contribution in [0.15, 0.2) is 47.8 Å². The van der Waals surface area contributed by atoms with Crippen LogP contribution in [0.2, 0.25) is 0 Å². The molecule has 7 heteroatoms. The number of nitrogens with two attached hydrogens (primary N) is 1. The molecule has 156 valence electrons. The molecule has 5 nitrogen and oxygen atoms in total. The standard InChI is InChI=1S/C22H27N3O2S.ClH/c23-13-17-14-24(15-19(17)16-6-2-1-3-7-16)22(27)20-9-4-10-25(20)21(26)12-18-8-5-11-28-18;/h1-3,5-8,11,17,19-20H,4,9-10,12-15,23H2;1H/t17-,19+,20?;/m1./s1. The number of nitrogens with zero attached hydrogens (tertiary/aromatic N) is 2. The number of halogens is 1. The molecule has 2 aromatic rings. The van der Waals surface area contributed by atoms with E-state index < -0.39 is 0 Å². The van der Waals surface area contributed by atoms with Crippen LogP contribution < -0.4 is 5.73 Å². The summed E-state index contributed by atoms with van der Waals surface area (Å²) in [5, 5.41) is 1.98. The molecule has 1 unspecified atom stereocenters. The highest BCUT2D eigenvalue weighted by Gasteiger charge is 2.41. The Morgan fingerprint density at radius 2 is 1.90 bits per heavy atom. The minimum atomic E-state index is -0.319. The van der Waals surface area contributed by atoms with Crippen molar-refractivity contribution in [1.82, 2.24) is 9.80 Å². The number of carbonyl (C=O) groups is 2. The van der Waals surface area contributed by atoms with Gasteiger partial charge in [0.1, 0.15) is 6.04 Å². The minimum Gasteiger partial charge on any atom is -0.340 e. The van der Waals surface area contributed by atoms with Crippen molar-refractivity contribution >= 4 is 35.6 Å². The van der Waals surface area contributed by atoms with Gasteiger partial charge >= 0.3 is 0 Å². The molecular weight excluding hydrogens is 406 g/mol. The first kappa shape index (κ1) is 21.8. The second kappa shape index (κ2) is 9.74. The molecule has 2 aliphatic rings. The fourth-order valence-electron chi connectivity index (χ4n) is 4.56. The molecule has 0 bridgehead atoms. The molecule has 2 amide bonds. The van der Waals surface area contributed by atoms with Crippen LogP contribution in [0, 0.1) is 5.92 Å². The normalized spacial score (nSPS) is 23.8. The summed E-state index contributed by atoms with van der Waals surface area (Å²) in [5.74, 6) is 0.691.